The van der Waals surface area contributed by atoms with Crippen molar-refractivity contribution in [3.63, 3.8) is 0 Å². The minimum absolute atomic E-state index is 0.241. The van der Waals surface area contributed by atoms with Gasteiger partial charge in [0.1, 0.15) is 5.82 Å². The third kappa shape index (κ3) is 0.954. The van der Waals surface area contributed by atoms with Gasteiger partial charge in [-0.25, -0.2) is 4.39 Å². The first-order valence-corrected chi connectivity index (χ1v) is 2.66. The molecule has 1 rings (SSSR count). The van der Waals surface area contributed by atoms with E-state index in [1.54, 1.807) is 17.8 Å². The van der Waals surface area contributed by atoms with Crippen LogP contribution in [-0.4, -0.2) is 9.67 Å². The Bertz CT molecular complexity index is 187. The van der Waals surface area contributed by atoms with Gasteiger partial charge in [0.15, 0.2) is 0 Å². The van der Waals surface area contributed by atoms with Crippen LogP contribution in [-0.2, 0) is 13.7 Å². The number of aromatic nitrogens is 1. The van der Waals surface area contributed by atoms with Crippen LogP contribution < -0.4 is 0 Å². The Hall–Kier alpha value is -0.830. The zero-order valence-corrected chi connectivity index (χ0v) is 5.13. The molecule has 1 heterocycles. The Balaban J connectivity index is 3.07. The lowest BCUT2D eigenvalue weighted by Crippen LogP contribution is -1.95. The van der Waals surface area contributed by atoms with Crippen molar-refractivity contribution in [1.82, 2.24) is 4.57 Å². The molecule has 0 aliphatic rings. The zero-order chi connectivity index (χ0) is 6.85. The van der Waals surface area contributed by atoms with Crippen LogP contribution >= 0.6 is 0 Å². The quantitative estimate of drug-likeness (QED) is 0.592. The number of rotatable bonds is 1. The molecule has 3 heteroatoms. The molecule has 1 aromatic heterocycles. The Kier molecular flexibility index (Phi) is 1.53. The average molecular weight is 129 g/mol. The van der Waals surface area contributed by atoms with Gasteiger partial charge in [0.2, 0.25) is 0 Å². The van der Waals surface area contributed by atoms with Gasteiger partial charge in [0.05, 0.1) is 12.3 Å². The molecule has 0 aromatic carbocycles. The summed E-state index contributed by atoms with van der Waals surface area (Å²) in [5.41, 5.74) is 0.329. The highest BCUT2D eigenvalue weighted by molar-refractivity contribution is 5.08. The van der Waals surface area contributed by atoms with Crippen molar-refractivity contribution < 1.29 is 9.50 Å². The SMILES string of the molecule is Cn1ccc(F)c1CO. The molecule has 0 aliphatic heterocycles. The molecule has 0 saturated carbocycles. The number of aliphatic hydroxyl groups is 1. The molecule has 0 aliphatic carbocycles. The molecule has 0 unspecified atom stereocenters. The van der Waals surface area contributed by atoms with Gasteiger partial charge < -0.3 is 9.67 Å². The van der Waals surface area contributed by atoms with E-state index in [2.05, 4.69) is 0 Å². The normalized spacial score (nSPS) is 10.1. The summed E-state index contributed by atoms with van der Waals surface area (Å²) in [6.07, 6.45) is 1.57. The first-order chi connectivity index (χ1) is 4.25. The van der Waals surface area contributed by atoms with E-state index in [1.807, 2.05) is 0 Å². The summed E-state index contributed by atoms with van der Waals surface area (Å²) >= 11 is 0. The standard InChI is InChI=1S/C6H8FNO/c1-8-3-2-5(7)6(8)4-9/h2-3,9H,4H2,1H3. The van der Waals surface area contributed by atoms with E-state index in [1.165, 1.54) is 6.07 Å². The van der Waals surface area contributed by atoms with Crippen molar-refractivity contribution in [3.8, 4) is 0 Å². The number of aliphatic hydroxyl groups excluding tert-OH is 1. The predicted molar refractivity (Wildman–Crippen MR) is 31.3 cm³/mol. The Labute approximate surface area is 52.5 Å². The van der Waals surface area contributed by atoms with Crippen LogP contribution in [0.4, 0.5) is 4.39 Å². The molecule has 50 valence electrons. The molecule has 0 atom stereocenters. The van der Waals surface area contributed by atoms with E-state index in [-0.39, 0.29) is 12.4 Å². The van der Waals surface area contributed by atoms with E-state index in [0.29, 0.717) is 5.69 Å². The highest BCUT2D eigenvalue weighted by Gasteiger charge is 2.02. The fraction of sp³-hybridized carbons (Fsp3) is 0.333. The summed E-state index contributed by atoms with van der Waals surface area (Å²) in [6.45, 7) is -0.241. The first-order valence-electron chi connectivity index (χ1n) is 2.66. The van der Waals surface area contributed by atoms with Crippen molar-refractivity contribution in [1.29, 1.82) is 0 Å². The van der Waals surface area contributed by atoms with Crippen molar-refractivity contribution in [2.45, 2.75) is 6.61 Å². The average Bonchev–Trinajstić information content (AvgIpc) is 2.12. The fourth-order valence-corrected chi connectivity index (χ4v) is 0.719. The van der Waals surface area contributed by atoms with Gasteiger partial charge in [0, 0.05) is 13.2 Å². The first kappa shape index (κ1) is 6.29. The predicted octanol–water partition coefficient (Wildman–Crippen LogP) is 0.657. The highest BCUT2D eigenvalue weighted by atomic mass is 19.1. The third-order valence-electron chi connectivity index (χ3n) is 1.30. The highest BCUT2D eigenvalue weighted by Crippen LogP contribution is 2.05. The molecule has 9 heavy (non-hydrogen) atoms. The number of hydrogen-bond donors (Lipinski definition) is 1. The molecule has 0 fully saturated rings. The van der Waals surface area contributed by atoms with Crippen LogP contribution in [0.3, 0.4) is 0 Å². The minimum Gasteiger partial charge on any atom is -0.390 e. The maximum atomic E-state index is 12.4. The van der Waals surface area contributed by atoms with Gasteiger partial charge >= 0.3 is 0 Å². The van der Waals surface area contributed by atoms with Gasteiger partial charge in [-0.1, -0.05) is 0 Å². The van der Waals surface area contributed by atoms with E-state index in [9.17, 15) is 4.39 Å². The van der Waals surface area contributed by atoms with Crippen LogP contribution in [0.15, 0.2) is 12.3 Å². The van der Waals surface area contributed by atoms with E-state index < -0.39 is 0 Å². The summed E-state index contributed by atoms with van der Waals surface area (Å²) in [7, 11) is 1.69. The Morgan fingerprint density at radius 2 is 2.44 bits per heavy atom. The van der Waals surface area contributed by atoms with Crippen LogP contribution in [0, 0.1) is 5.82 Å². The molecule has 0 amide bonds. The second-order valence-corrected chi connectivity index (χ2v) is 1.88. The van der Waals surface area contributed by atoms with Gasteiger partial charge in [-0.15, -0.1) is 0 Å². The van der Waals surface area contributed by atoms with E-state index >= 15 is 0 Å². The third-order valence-corrected chi connectivity index (χ3v) is 1.30. The lowest BCUT2D eigenvalue weighted by atomic mass is 10.4. The molecule has 0 bridgehead atoms. The topological polar surface area (TPSA) is 25.2 Å². The van der Waals surface area contributed by atoms with Gasteiger partial charge in [-0.2, -0.15) is 0 Å². The summed E-state index contributed by atoms with van der Waals surface area (Å²) in [4.78, 5) is 0. The van der Waals surface area contributed by atoms with Crippen molar-refractivity contribution >= 4 is 0 Å². The van der Waals surface area contributed by atoms with E-state index in [0.717, 1.165) is 0 Å². The summed E-state index contributed by atoms with van der Waals surface area (Å²) in [5.74, 6) is -0.347. The zero-order valence-electron chi connectivity index (χ0n) is 5.13. The fourth-order valence-electron chi connectivity index (χ4n) is 0.719. The number of aryl methyl sites for hydroxylation is 1. The maximum absolute atomic E-state index is 12.4. The second-order valence-electron chi connectivity index (χ2n) is 1.88. The minimum atomic E-state index is -0.347. The van der Waals surface area contributed by atoms with Crippen LogP contribution in [0.25, 0.3) is 0 Å². The molecule has 0 saturated heterocycles. The maximum Gasteiger partial charge on any atom is 0.146 e. The van der Waals surface area contributed by atoms with E-state index in [4.69, 9.17) is 5.11 Å². The molecular weight excluding hydrogens is 121 g/mol. The van der Waals surface area contributed by atoms with Gasteiger partial charge in [-0.05, 0) is 6.07 Å². The largest absolute Gasteiger partial charge is 0.390 e. The van der Waals surface area contributed by atoms with Crippen LogP contribution in [0.5, 0.6) is 0 Å². The molecule has 2 nitrogen and oxygen atoms in total. The summed E-state index contributed by atoms with van der Waals surface area (Å²) in [5, 5.41) is 8.53. The van der Waals surface area contributed by atoms with Crippen LogP contribution in [0.1, 0.15) is 5.69 Å². The van der Waals surface area contributed by atoms with Crippen molar-refractivity contribution in [3.05, 3.63) is 23.8 Å². The Morgan fingerprint density at radius 3 is 2.67 bits per heavy atom. The molecule has 1 N–H and O–H groups in total. The van der Waals surface area contributed by atoms with Gasteiger partial charge in [-0.3, -0.25) is 0 Å². The lowest BCUT2D eigenvalue weighted by Gasteiger charge is -1.95. The lowest BCUT2D eigenvalue weighted by molar-refractivity contribution is 0.266. The van der Waals surface area contributed by atoms with Crippen LogP contribution in [0.2, 0.25) is 0 Å². The smallest absolute Gasteiger partial charge is 0.146 e. The summed E-state index contributed by atoms with van der Waals surface area (Å²) < 4.78 is 14.0. The monoisotopic (exact) mass is 129 g/mol. The number of hydrogen-bond acceptors (Lipinski definition) is 1. The number of nitrogens with zero attached hydrogens (tertiary/aromatic N) is 1. The van der Waals surface area contributed by atoms with Gasteiger partial charge in [0.25, 0.3) is 0 Å². The van der Waals surface area contributed by atoms with Crippen molar-refractivity contribution in [2.24, 2.45) is 7.05 Å². The second kappa shape index (κ2) is 2.19. The molecular formula is C6H8FNO. The number of halogens is 1. The molecule has 0 radical (unpaired) electrons. The molecule has 0 spiro atoms. The summed E-state index contributed by atoms with van der Waals surface area (Å²) in [6, 6.07) is 1.32. The Morgan fingerprint density at radius 1 is 1.78 bits per heavy atom. The van der Waals surface area contributed by atoms with Crippen molar-refractivity contribution in [2.75, 3.05) is 0 Å². The molecule has 1 aromatic rings.